The predicted molar refractivity (Wildman–Crippen MR) is 65.9 cm³/mol. The van der Waals surface area contributed by atoms with Gasteiger partial charge in [0, 0.05) is 12.3 Å². The zero-order valence-corrected chi connectivity index (χ0v) is 10.4. The Morgan fingerprint density at radius 3 is 2.74 bits per heavy atom. The van der Waals surface area contributed by atoms with Crippen LogP contribution in [0.1, 0.15) is 16.1 Å². The summed E-state index contributed by atoms with van der Waals surface area (Å²) in [7, 11) is 1.16. The van der Waals surface area contributed by atoms with Crippen LogP contribution in [0.3, 0.4) is 0 Å². The molecule has 0 aliphatic heterocycles. The number of aryl methyl sites for hydroxylation is 1. The minimum atomic E-state index is -0.827. The smallest absolute Gasteiger partial charge is 0.362 e. The number of aromatic nitrogens is 2. The summed E-state index contributed by atoms with van der Waals surface area (Å²) >= 11 is 0. The maximum absolute atomic E-state index is 13.5. The van der Waals surface area contributed by atoms with E-state index >= 15 is 0 Å². The Bertz CT molecular complexity index is 695. The van der Waals surface area contributed by atoms with Gasteiger partial charge >= 0.3 is 5.97 Å². The molecular weight excluding hydrogens is 251 g/mol. The molecule has 0 amide bonds. The van der Waals surface area contributed by atoms with Crippen molar-refractivity contribution in [3.63, 3.8) is 0 Å². The molecule has 0 aliphatic rings. The molecule has 98 valence electrons. The van der Waals surface area contributed by atoms with E-state index in [0.29, 0.717) is 11.3 Å². The van der Waals surface area contributed by atoms with Gasteiger partial charge in [0.05, 0.1) is 12.8 Å². The zero-order chi connectivity index (χ0) is 14.0. The van der Waals surface area contributed by atoms with E-state index in [0.717, 1.165) is 7.11 Å². The molecule has 0 fully saturated rings. The van der Waals surface area contributed by atoms with Gasteiger partial charge in [-0.25, -0.2) is 13.9 Å². The monoisotopic (exact) mass is 262 g/mol. The molecule has 0 N–H and O–H groups in total. The summed E-state index contributed by atoms with van der Waals surface area (Å²) in [5, 5.41) is 3.85. The van der Waals surface area contributed by atoms with Crippen LogP contribution in [0.25, 0.3) is 5.69 Å². The Morgan fingerprint density at radius 2 is 2.11 bits per heavy atom. The fraction of sp³-hybridized carbons (Fsp3) is 0.154. The molecule has 5 nitrogen and oxygen atoms in total. The molecule has 0 unspecified atom stereocenters. The van der Waals surface area contributed by atoms with Crippen LogP contribution in [0.4, 0.5) is 4.39 Å². The lowest BCUT2D eigenvalue weighted by molar-refractivity contribution is 0.0590. The van der Waals surface area contributed by atoms with E-state index in [9.17, 15) is 14.0 Å². The third-order valence-corrected chi connectivity index (χ3v) is 2.61. The van der Waals surface area contributed by atoms with Crippen molar-refractivity contribution in [1.82, 2.24) is 9.78 Å². The van der Waals surface area contributed by atoms with Crippen LogP contribution in [0.5, 0.6) is 0 Å². The number of ether oxygens (including phenoxy) is 1. The van der Waals surface area contributed by atoms with Gasteiger partial charge in [-0.2, -0.15) is 5.10 Å². The summed E-state index contributed by atoms with van der Waals surface area (Å²) < 4.78 is 19.2. The van der Waals surface area contributed by atoms with Crippen LogP contribution in [0, 0.1) is 12.7 Å². The third kappa shape index (κ3) is 2.52. The number of carbonyl (C=O) groups is 1. The first kappa shape index (κ1) is 12.9. The van der Waals surface area contributed by atoms with Crippen molar-refractivity contribution in [2.75, 3.05) is 7.11 Å². The molecule has 0 saturated carbocycles. The maximum Gasteiger partial charge on any atom is 0.362 e. The van der Waals surface area contributed by atoms with Gasteiger partial charge in [0.15, 0.2) is 0 Å². The molecule has 0 saturated heterocycles. The Kier molecular flexibility index (Phi) is 3.41. The quantitative estimate of drug-likeness (QED) is 0.769. The van der Waals surface area contributed by atoms with Crippen molar-refractivity contribution < 1.29 is 13.9 Å². The summed E-state index contributed by atoms with van der Waals surface area (Å²) in [6.07, 6.45) is 1.36. The van der Waals surface area contributed by atoms with E-state index < -0.39 is 17.2 Å². The van der Waals surface area contributed by atoms with E-state index in [1.54, 1.807) is 19.1 Å². The second kappa shape index (κ2) is 5.01. The molecule has 0 bridgehead atoms. The standard InChI is InChI=1S/C13H11FN2O3/c1-8-3-4-9(7-10(8)14)16-6-5-11(17)12(15-16)13(18)19-2/h3-7H,1-2H3. The van der Waals surface area contributed by atoms with Crippen molar-refractivity contribution in [2.24, 2.45) is 0 Å². The molecule has 2 aromatic rings. The van der Waals surface area contributed by atoms with Gasteiger partial charge in [-0.05, 0) is 24.6 Å². The van der Waals surface area contributed by atoms with Crippen LogP contribution in [-0.2, 0) is 4.74 Å². The van der Waals surface area contributed by atoms with Crippen molar-refractivity contribution >= 4 is 5.97 Å². The van der Waals surface area contributed by atoms with Gasteiger partial charge < -0.3 is 4.74 Å². The van der Waals surface area contributed by atoms with Gasteiger partial charge in [-0.1, -0.05) is 6.07 Å². The average Bonchev–Trinajstić information content (AvgIpc) is 2.41. The number of rotatable bonds is 2. The minimum absolute atomic E-state index is 0.342. The summed E-state index contributed by atoms with van der Waals surface area (Å²) in [4.78, 5) is 22.8. The summed E-state index contributed by atoms with van der Waals surface area (Å²) in [6, 6.07) is 5.67. The Hall–Kier alpha value is -2.50. The number of esters is 1. The van der Waals surface area contributed by atoms with Crippen LogP contribution in [0.2, 0.25) is 0 Å². The largest absolute Gasteiger partial charge is 0.464 e. The van der Waals surface area contributed by atoms with Gasteiger partial charge in [-0.3, -0.25) is 4.79 Å². The molecule has 0 spiro atoms. The van der Waals surface area contributed by atoms with Crippen LogP contribution >= 0.6 is 0 Å². The van der Waals surface area contributed by atoms with Crippen molar-refractivity contribution in [1.29, 1.82) is 0 Å². The Balaban J connectivity index is 2.54. The number of benzene rings is 1. The van der Waals surface area contributed by atoms with E-state index in [1.807, 2.05) is 0 Å². The highest BCUT2D eigenvalue weighted by molar-refractivity contribution is 5.86. The second-order valence-corrected chi connectivity index (χ2v) is 3.90. The van der Waals surface area contributed by atoms with Gasteiger partial charge in [-0.15, -0.1) is 0 Å². The van der Waals surface area contributed by atoms with Crippen molar-refractivity contribution in [2.45, 2.75) is 6.92 Å². The Morgan fingerprint density at radius 1 is 1.37 bits per heavy atom. The van der Waals surface area contributed by atoms with E-state index in [-0.39, 0.29) is 5.69 Å². The lowest BCUT2D eigenvalue weighted by atomic mass is 10.2. The molecule has 1 heterocycles. The number of nitrogens with zero attached hydrogens (tertiary/aromatic N) is 2. The fourth-order valence-corrected chi connectivity index (χ4v) is 1.51. The second-order valence-electron chi connectivity index (χ2n) is 3.90. The maximum atomic E-state index is 13.5. The van der Waals surface area contributed by atoms with E-state index in [2.05, 4.69) is 9.84 Å². The number of halogens is 1. The van der Waals surface area contributed by atoms with Crippen molar-refractivity contribution in [3.8, 4) is 5.69 Å². The first-order valence-corrected chi connectivity index (χ1v) is 5.48. The summed E-state index contributed by atoms with van der Waals surface area (Å²) in [5.74, 6) is -1.22. The van der Waals surface area contributed by atoms with Crippen LogP contribution < -0.4 is 5.43 Å². The third-order valence-electron chi connectivity index (χ3n) is 2.61. The van der Waals surface area contributed by atoms with Gasteiger partial charge in [0.1, 0.15) is 5.82 Å². The minimum Gasteiger partial charge on any atom is -0.464 e. The van der Waals surface area contributed by atoms with Crippen molar-refractivity contribution in [3.05, 3.63) is 57.8 Å². The normalized spacial score (nSPS) is 10.3. The first-order chi connectivity index (χ1) is 9.02. The molecule has 0 aliphatic carbocycles. The zero-order valence-electron chi connectivity index (χ0n) is 10.4. The topological polar surface area (TPSA) is 61.2 Å². The number of hydrogen-bond donors (Lipinski definition) is 0. The van der Waals surface area contributed by atoms with Gasteiger partial charge in [0.25, 0.3) is 0 Å². The molecule has 0 radical (unpaired) electrons. The van der Waals surface area contributed by atoms with Crippen LogP contribution in [-0.4, -0.2) is 22.9 Å². The molecule has 0 atom stereocenters. The fourth-order valence-electron chi connectivity index (χ4n) is 1.51. The summed E-state index contributed by atoms with van der Waals surface area (Å²) in [5.41, 5.74) is 0.0212. The summed E-state index contributed by atoms with van der Waals surface area (Å²) in [6.45, 7) is 1.64. The van der Waals surface area contributed by atoms with Gasteiger partial charge in [0.2, 0.25) is 11.1 Å². The highest BCUT2D eigenvalue weighted by atomic mass is 19.1. The predicted octanol–water partition coefficient (Wildman–Crippen LogP) is 1.47. The Labute approximate surface area is 108 Å². The number of methoxy groups -OCH3 is 1. The highest BCUT2D eigenvalue weighted by Gasteiger charge is 2.13. The molecule has 6 heteroatoms. The average molecular weight is 262 g/mol. The molecule has 2 rings (SSSR count). The van der Waals surface area contributed by atoms with Crippen LogP contribution in [0.15, 0.2) is 35.3 Å². The molecule has 1 aromatic carbocycles. The molecule has 19 heavy (non-hydrogen) atoms. The molecule has 1 aromatic heterocycles. The number of carbonyl (C=O) groups excluding carboxylic acids is 1. The SMILES string of the molecule is COC(=O)c1nn(-c2ccc(C)c(F)c2)ccc1=O. The van der Waals surface area contributed by atoms with E-state index in [4.69, 9.17) is 0 Å². The first-order valence-electron chi connectivity index (χ1n) is 5.48. The number of hydrogen-bond acceptors (Lipinski definition) is 4. The molecular formula is C13H11FN2O3. The lowest BCUT2D eigenvalue weighted by Gasteiger charge is -2.07. The highest BCUT2D eigenvalue weighted by Crippen LogP contribution is 2.12. The van der Waals surface area contributed by atoms with E-state index in [1.165, 1.54) is 23.0 Å². The lowest BCUT2D eigenvalue weighted by Crippen LogP contribution is -2.21.